The van der Waals surface area contributed by atoms with Gasteiger partial charge >= 0.3 is 0 Å². The first kappa shape index (κ1) is 12.4. The van der Waals surface area contributed by atoms with E-state index in [9.17, 15) is 18.3 Å². The molecule has 0 aromatic heterocycles. The summed E-state index contributed by atoms with van der Waals surface area (Å²) in [6.45, 7) is 3.31. The molecule has 1 atom stereocenters. The summed E-state index contributed by atoms with van der Waals surface area (Å²) in [4.78, 5) is 12.7. The number of carbonyl (C=O) groups is 1. The predicted octanol–water partition coefficient (Wildman–Crippen LogP) is -1.35. The predicted molar refractivity (Wildman–Crippen MR) is 54.4 cm³/mol. The molecular formula is C8H16N2O4S. The van der Waals surface area contributed by atoms with Gasteiger partial charge in [0, 0.05) is 19.5 Å². The Kier molecular flexibility index (Phi) is 3.09. The van der Waals surface area contributed by atoms with E-state index in [1.165, 1.54) is 4.90 Å². The van der Waals surface area contributed by atoms with E-state index in [-0.39, 0.29) is 25.4 Å². The van der Waals surface area contributed by atoms with Gasteiger partial charge in [-0.2, -0.15) is 0 Å². The van der Waals surface area contributed by atoms with Crippen LogP contribution in [0.3, 0.4) is 0 Å². The molecule has 1 rings (SSSR count). The Bertz CT molecular complexity index is 357. The van der Waals surface area contributed by atoms with Crippen LogP contribution < -0.4 is 5.14 Å². The van der Waals surface area contributed by atoms with Crippen molar-refractivity contribution < 1.29 is 18.3 Å². The van der Waals surface area contributed by atoms with Gasteiger partial charge in [-0.05, 0) is 13.8 Å². The number of primary sulfonamides is 1. The Morgan fingerprint density at radius 3 is 2.47 bits per heavy atom. The highest BCUT2D eigenvalue weighted by molar-refractivity contribution is 7.89. The number of aliphatic hydroxyl groups is 1. The van der Waals surface area contributed by atoms with Gasteiger partial charge in [-0.25, -0.2) is 13.6 Å². The molecule has 1 saturated heterocycles. The van der Waals surface area contributed by atoms with Crippen molar-refractivity contribution in [3.8, 4) is 0 Å². The molecule has 88 valence electrons. The number of likely N-dealkylation sites (tertiary alicyclic amines) is 1. The minimum atomic E-state index is -3.67. The zero-order chi connectivity index (χ0) is 11.9. The maximum atomic E-state index is 11.4. The maximum Gasteiger partial charge on any atom is 0.224 e. The third-order valence-electron chi connectivity index (χ3n) is 2.22. The second-order valence-electron chi connectivity index (χ2n) is 4.50. The van der Waals surface area contributed by atoms with Gasteiger partial charge in [-0.15, -0.1) is 0 Å². The van der Waals surface area contributed by atoms with E-state index in [2.05, 4.69) is 0 Å². The van der Waals surface area contributed by atoms with Gasteiger partial charge in [-0.3, -0.25) is 4.79 Å². The lowest BCUT2D eigenvalue weighted by atomic mass is 10.1. The first-order valence-electron chi connectivity index (χ1n) is 4.61. The summed E-state index contributed by atoms with van der Waals surface area (Å²) >= 11 is 0. The highest BCUT2D eigenvalue weighted by Gasteiger charge is 2.38. The molecule has 0 spiro atoms. The molecule has 1 aliphatic heterocycles. The Morgan fingerprint density at radius 1 is 1.60 bits per heavy atom. The molecule has 0 radical (unpaired) electrons. The summed E-state index contributed by atoms with van der Waals surface area (Å²) < 4.78 is 22.1. The molecule has 0 aromatic rings. The first-order chi connectivity index (χ1) is 6.59. The molecule has 7 heteroatoms. The van der Waals surface area contributed by atoms with Crippen molar-refractivity contribution >= 4 is 15.9 Å². The summed E-state index contributed by atoms with van der Waals surface area (Å²) in [5, 5.41) is 13.6. The van der Waals surface area contributed by atoms with Gasteiger partial charge in [0.1, 0.15) is 5.25 Å². The lowest BCUT2D eigenvalue weighted by molar-refractivity contribution is -0.130. The fourth-order valence-corrected chi connectivity index (χ4v) is 2.34. The van der Waals surface area contributed by atoms with Crippen molar-refractivity contribution in [3.05, 3.63) is 0 Å². The fraction of sp³-hybridized carbons (Fsp3) is 0.875. The Morgan fingerprint density at radius 2 is 2.13 bits per heavy atom. The SMILES string of the molecule is CC(C)(O)CN1CC(S(N)(=O)=O)CC1=O. The van der Waals surface area contributed by atoms with Gasteiger partial charge in [0.25, 0.3) is 0 Å². The molecular weight excluding hydrogens is 220 g/mol. The van der Waals surface area contributed by atoms with E-state index >= 15 is 0 Å². The number of sulfonamides is 1. The van der Waals surface area contributed by atoms with Crippen LogP contribution in [-0.4, -0.2) is 48.3 Å². The van der Waals surface area contributed by atoms with Crippen molar-refractivity contribution in [1.82, 2.24) is 4.90 Å². The van der Waals surface area contributed by atoms with Crippen LogP contribution in [0.4, 0.5) is 0 Å². The molecule has 1 fully saturated rings. The largest absolute Gasteiger partial charge is 0.389 e. The normalized spacial score (nSPS) is 23.6. The number of nitrogens with two attached hydrogens (primary N) is 1. The van der Waals surface area contributed by atoms with Crippen LogP contribution in [0.5, 0.6) is 0 Å². The number of hydrogen-bond donors (Lipinski definition) is 2. The molecule has 0 aromatic carbocycles. The average Bonchev–Trinajstić information content (AvgIpc) is 2.27. The lowest BCUT2D eigenvalue weighted by Crippen LogP contribution is -2.40. The molecule has 0 saturated carbocycles. The maximum absolute atomic E-state index is 11.4. The van der Waals surface area contributed by atoms with Crippen LogP contribution >= 0.6 is 0 Å². The van der Waals surface area contributed by atoms with Crippen molar-refractivity contribution in [2.24, 2.45) is 5.14 Å². The second-order valence-corrected chi connectivity index (χ2v) is 6.35. The van der Waals surface area contributed by atoms with Gasteiger partial charge in [0.15, 0.2) is 0 Å². The fourth-order valence-electron chi connectivity index (χ4n) is 1.58. The van der Waals surface area contributed by atoms with Crippen molar-refractivity contribution in [3.63, 3.8) is 0 Å². The lowest BCUT2D eigenvalue weighted by Gasteiger charge is -2.25. The van der Waals surface area contributed by atoms with Crippen LogP contribution in [0.1, 0.15) is 20.3 Å². The second kappa shape index (κ2) is 3.73. The summed E-state index contributed by atoms with van der Waals surface area (Å²) in [6.07, 6.45) is -0.0884. The van der Waals surface area contributed by atoms with Crippen molar-refractivity contribution in [2.45, 2.75) is 31.1 Å². The van der Waals surface area contributed by atoms with Crippen LogP contribution in [0, 0.1) is 0 Å². The van der Waals surface area contributed by atoms with Crippen LogP contribution in [-0.2, 0) is 14.8 Å². The van der Waals surface area contributed by atoms with Crippen molar-refractivity contribution in [2.75, 3.05) is 13.1 Å². The monoisotopic (exact) mass is 236 g/mol. The average molecular weight is 236 g/mol. The van der Waals surface area contributed by atoms with Gasteiger partial charge in [0.2, 0.25) is 15.9 Å². The summed E-state index contributed by atoms with van der Waals surface area (Å²) in [6, 6.07) is 0. The molecule has 1 heterocycles. The van der Waals surface area contributed by atoms with Crippen LogP contribution in [0.2, 0.25) is 0 Å². The van der Waals surface area contributed by atoms with E-state index in [0.717, 1.165) is 0 Å². The summed E-state index contributed by atoms with van der Waals surface area (Å²) in [5.74, 6) is -0.281. The molecule has 1 unspecified atom stereocenters. The van der Waals surface area contributed by atoms with Crippen LogP contribution in [0.25, 0.3) is 0 Å². The van der Waals surface area contributed by atoms with Crippen molar-refractivity contribution in [1.29, 1.82) is 0 Å². The quantitative estimate of drug-likeness (QED) is 0.632. The van der Waals surface area contributed by atoms with E-state index in [1.54, 1.807) is 13.8 Å². The number of rotatable bonds is 3. The number of β-amino-alcohol motifs (C(OH)–C–C–N with tert-alkyl or cyclic N) is 1. The first-order valence-corrected chi connectivity index (χ1v) is 6.22. The smallest absolute Gasteiger partial charge is 0.224 e. The topological polar surface area (TPSA) is 101 Å². The number of carbonyl (C=O) groups excluding carboxylic acids is 1. The van der Waals surface area contributed by atoms with Gasteiger partial charge in [0.05, 0.1) is 5.60 Å². The van der Waals surface area contributed by atoms with E-state index < -0.39 is 20.9 Å². The minimum Gasteiger partial charge on any atom is -0.389 e. The van der Waals surface area contributed by atoms with E-state index in [4.69, 9.17) is 5.14 Å². The Hall–Kier alpha value is -0.660. The van der Waals surface area contributed by atoms with E-state index in [1.807, 2.05) is 0 Å². The molecule has 0 aliphatic carbocycles. The zero-order valence-electron chi connectivity index (χ0n) is 8.80. The van der Waals surface area contributed by atoms with E-state index in [0.29, 0.717) is 0 Å². The summed E-state index contributed by atoms with van der Waals surface area (Å²) in [7, 11) is -3.67. The molecule has 0 bridgehead atoms. The third-order valence-corrected chi connectivity index (χ3v) is 3.47. The van der Waals surface area contributed by atoms with Crippen LogP contribution in [0.15, 0.2) is 0 Å². The highest BCUT2D eigenvalue weighted by atomic mass is 32.2. The van der Waals surface area contributed by atoms with Gasteiger partial charge < -0.3 is 10.0 Å². The molecule has 1 aliphatic rings. The number of amides is 1. The highest BCUT2D eigenvalue weighted by Crippen LogP contribution is 2.18. The van der Waals surface area contributed by atoms with Gasteiger partial charge in [-0.1, -0.05) is 0 Å². The molecule has 6 nitrogen and oxygen atoms in total. The number of hydrogen-bond acceptors (Lipinski definition) is 4. The molecule has 15 heavy (non-hydrogen) atoms. The molecule has 1 amide bonds. The number of nitrogens with zero attached hydrogens (tertiary/aromatic N) is 1. The Balaban J connectivity index is 2.70. The summed E-state index contributed by atoms with van der Waals surface area (Å²) in [5.41, 5.74) is -1.02. The zero-order valence-corrected chi connectivity index (χ0v) is 9.62. The standard InChI is InChI=1S/C8H16N2O4S/c1-8(2,12)5-10-4-6(3-7(10)11)15(9,13)14/h6,12H,3-5H2,1-2H3,(H2,9,13,14). The minimum absolute atomic E-state index is 0.0711. The Labute approximate surface area is 89.1 Å². The third kappa shape index (κ3) is 3.44. The molecule has 3 N–H and O–H groups in total.